The minimum Gasteiger partial charge on any atom is -0.508 e. The average molecular weight is 254 g/mol. The molecule has 96 valence electrons. The number of phenols is 2. The van der Waals surface area contributed by atoms with Crippen molar-refractivity contribution in [2.24, 2.45) is 0 Å². The van der Waals surface area contributed by atoms with Crippen LogP contribution >= 0.6 is 0 Å². The summed E-state index contributed by atoms with van der Waals surface area (Å²) in [5.74, 6) is 1.06. The minimum absolute atomic E-state index is 0.183. The molecule has 2 N–H and O–H groups in total. The normalized spacial score (nSPS) is 17.3. The number of hydrogen-bond donors (Lipinski definition) is 2. The van der Waals surface area contributed by atoms with E-state index in [2.05, 4.69) is 0 Å². The number of rotatable bonds is 1. The van der Waals surface area contributed by atoms with Gasteiger partial charge in [-0.3, -0.25) is 0 Å². The van der Waals surface area contributed by atoms with Gasteiger partial charge >= 0.3 is 0 Å². The van der Waals surface area contributed by atoms with Gasteiger partial charge in [-0.1, -0.05) is 12.1 Å². The Bertz CT molecular complexity index is 659. The van der Waals surface area contributed by atoms with Crippen molar-refractivity contribution in [2.75, 3.05) is 0 Å². The molecule has 1 atom stereocenters. The zero-order valence-corrected chi connectivity index (χ0v) is 10.5. The van der Waals surface area contributed by atoms with Crippen molar-refractivity contribution in [2.45, 2.75) is 13.0 Å². The van der Waals surface area contributed by atoms with Crippen molar-refractivity contribution in [3.63, 3.8) is 0 Å². The smallest absolute Gasteiger partial charge is 0.143 e. The topological polar surface area (TPSA) is 49.7 Å². The molecule has 19 heavy (non-hydrogen) atoms. The van der Waals surface area contributed by atoms with Crippen LogP contribution in [0.15, 0.2) is 48.5 Å². The number of allylic oxidation sites excluding steroid dienone is 1. The van der Waals surface area contributed by atoms with Crippen molar-refractivity contribution in [1.82, 2.24) is 0 Å². The minimum atomic E-state index is -0.249. The molecule has 0 bridgehead atoms. The van der Waals surface area contributed by atoms with Gasteiger partial charge in [0.25, 0.3) is 0 Å². The van der Waals surface area contributed by atoms with Crippen LogP contribution in [0.2, 0.25) is 0 Å². The molecule has 1 unspecified atom stereocenters. The fourth-order valence-electron chi connectivity index (χ4n) is 2.29. The van der Waals surface area contributed by atoms with Gasteiger partial charge in [-0.15, -0.1) is 0 Å². The third-order valence-electron chi connectivity index (χ3n) is 3.24. The van der Waals surface area contributed by atoms with E-state index >= 15 is 0 Å². The lowest BCUT2D eigenvalue weighted by Crippen LogP contribution is -2.10. The summed E-state index contributed by atoms with van der Waals surface area (Å²) in [6, 6.07) is 12.1. The number of hydrogen-bond acceptors (Lipinski definition) is 3. The summed E-state index contributed by atoms with van der Waals surface area (Å²) in [7, 11) is 0. The Morgan fingerprint density at radius 1 is 1.00 bits per heavy atom. The Labute approximate surface area is 111 Å². The van der Waals surface area contributed by atoms with Crippen LogP contribution in [-0.2, 0) is 0 Å². The lowest BCUT2D eigenvalue weighted by molar-refractivity contribution is 0.249. The fourth-order valence-corrected chi connectivity index (χ4v) is 2.29. The average Bonchev–Trinajstić information content (AvgIpc) is 2.38. The summed E-state index contributed by atoms with van der Waals surface area (Å²) >= 11 is 0. The zero-order valence-electron chi connectivity index (χ0n) is 10.5. The Morgan fingerprint density at radius 3 is 2.58 bits per heavy atom. The molecular weight excluding hydrogens is 240 g/mol. The molecule has 0 saturated heterocycles. The first-order valence-electron chi connectivity index (χ1n) is 6.11. The predicted octanol–water partition coefficient (Wildman–Crippen LogP) is 3.63. The van der Waals surface area contributed by atoms with Crippen molar-refractivity contribution >= 4 is 5.57 Å². The molecule has 1 heterocycles. The second-order valence-corrected chi connectivity index (χ2v) is 4.66. The molecule has 0 aliphatic carbocycles. The molecule has 2 aromatic rings. The lowest BCUT2D eigenvalue weighted by Gasteiger charge is -2.24. The molecule has 0 aromatic heterocycles. The highest BCUT2D eigenvalue weighted by Gasteiger charge is 2.20. The highest BCUT2D eigenvalue weighted by atomic mass is 16.5. The molecule has 3 heteroatoms. The van der Waals surface area contributed by atoms with Crippen LogP contribution in [0.5, 0.6) is 17.2 Å². The quantitative estimate of drug-likeness (QED) is 0.817. The van der Waals surface area contributed by atoms with E-state index in [-0.39, 0.29) is 17.6 Å². The van der Waals surface area contributed by atoms with Gasteiger partial charge < -0.3 is 14.9 Å². The summed E-state index contributed by atoms with van der Waals surface area (Å²) in [4.78, 5) is 0. The summed E-state index contributed by atoms with van der Waals surface area (Å²) in [5.41, 5.74) is 2.96. The van der Waals surface area contributed by atoms with Crippen LogP contribution in [0.4, 0.5) is 0 Å². The standard InChI is InChI=1S/C16H14O3/c1-10-7-15(11-3-2-4-12(17)8-11)19-16-9-13(18)5-6-14(10)16/h2-9,15,17-18H,1H3. The molecule has 1 aliphatic rings. The first-order valence-corrected chi connectivity index (χ1v) is 6.11. The predicted molar refractivity (Wildman–Crippen MR) is 73.2 cm³/mol. The van der Waals surface area contributed by atoms with Gasteiger partial charge in [-0.05, 0) is 48.4 Å². The molecule has 0 fully saturated rings. The van der Waals surface area contributed by atoms with Gasteiger partial charge in [-0.25, -0.2) is 0 Å². The highest BCUT2D eigenvalue weighted by Crippen LogP contribution is 2.39. The molecule has 0 amide bonds. The molecule has 3 rings (SSSR count). The first-order chi connectivity index (χ1) is 9.13. The Kier molecular flexibility index (Phi) is 2.67. The number of ether oxygens (including phenoxy) is 1. The number of aromatic hydroxyl groups is 2. The summed E-state index contributed by atoms with van der Waals surface area (Å²) < 4.78 is 5.88. The van der Waals surface area contributed by atoms with Gasteiger partial charge in [0.2, 0.25) is 0 Å². The molecule has 0 saturated carbocycles. The van der Waals surface area contributed by atoms with Gasteiger partial charge in [0, 0.05) is 11.6 Å². The van der Waals surface area contributed by atoms with Crippen molar-refractivity contribution in [3.05, 3.63) is 59.7 Å². The summed E-state index contributed by atoms with van der Waals surface area (Å²) in [6.07, 6.45) is 1.76. The largest absolute Gasteiger partial charge is 0.508 e. The van der Waals surface area contributed by atoms with E-state index in [1.165, 1.54) is 0 Å². The number of benzene rings is 2. The molecule has 2 aromatic carbocycles. The number of fused-ring (bicyclic) bond motifs is 1. The van der Waals surface area contributed by atoms with Crippen LogP contribution in [-0.4, -0.2) is 10.2 Å². The van der Waals surface area contributed by atoms with E-state index in [9.17, 15) is 10.2 Å². The lowest BCUT2D eigenvalue weighted by atomic mass is 9.98. The summed E-state index contributed by atoms with van der Waals surface area (Å²) in [6.45, 7) is 2.01. The Balaban J connectivity index is 2.02. The SMILES string of the molecule is CC1=CC(c2cccc(O)c2)Oc2cc(O)ccc21. The first kappa shape index (κ1) is 11.7. The van der Waals surface area contributed by atoms with Gasteiger partial charge in [0.15, 0.2) is 0 Å². The zero-order chi connectivity index (χ0) is 13.4. The molecule has 3 nitrogen and oxygen atoms in total. The van der Waals surface area contributed by atoms with Crippen LogP contribution in [0.1, 0.15) is 24.2 Å². The second-order valence-electron chi connectivity index (χ2n) is 4.66. The van der Waals surface area contributed by atoms with Crippen LogP contribution < -0.4 is 4.74 Å². The van der Waals surface area contributed by atoms with Gasteiger partial charge in [0.05, 0.1) is 0 Å². The molecular formula is C16H14O3. The maximum Gasteiger partial charge on any atom is 0.143 e. The maximum atomic E-state index is 9.54. The maximum absolute atomic E-state index is 9.54. The van der Waals surface area contributed by atoms with E-state index in [1.54, 1.807) is 30.3 Å². The van der Waals surface area contributed by atoms with Gasteiger partial charge in [-0.2, -0.15) is 0 Å². The van der Waals surface area contributed by atoms with Crippen molar-refractivity contribution in [3.8, 4) is 17.2 Å². The van der Waals surface area contributed by atoms with E-state index in [0.717, 1.165) is 16.7 Å². The van der Waals surface area contributed by atoms with Crippen molar-refractivity contribution in [1.29, 1.82) is 0 Å². The second kappa shape index (κ2) is 4.35. The van der Waals surface area contributed by atoms with Crippen LogP contribution in [0, 0.1) is 0 Å². The molecule has 1 aliphatic heterocycles. The van der Waals surface area contributed by atoms with E-state index in [4.69, 9.17) is 4.74 Å². The molecule has 0 spiro atoms. The van der Waals surface area contributed by atoms with Gasteiger partial charge in [0.1, 0.15) is 23.4 Å². The summed E-state index contributed by atoms with van der Waals surface area (Å²) in [5, 5.41) is 19.1. The monoisotopic (exact) mass is 254 g/mol. The fraction of sp³-hybridized carbons (Fsp3) is 0.125. The van der Waals surface area contributed by atoms with Crippen molar-refractivity contribution < 1.29 is 14.9 Å². The third-order valence-corrected chi connectivity index (χ3v) is 3.24. The third kappa shape index (κ3) is 2.15. The highest BCUT2D eigenvalue weighted by molar-refractivity contribution is 5.72. The van der Waals surface area contributed by atoms with E-state index in [1.807, 2.05) is 25.1 Å². The van der Waals surface area contributed by atoms with Crippen LogP contribution in [0.3, 0.4) is 0 Å². The number of phenolic OH excluding ortho intramolecular Hbond substituents is 2. The Hall–Kier alpha value is -2.42. The van der Waals surface area contributed by atoms with Crippen LogP contribution in [0.25, 0.3) is 5.57 Å². The molecule has 0 radical (unpaired) electrons. The van der Waals surface area contributed by atoms with E-state index < -0.39 is 0 Å². The Morgan fingerprint density at radius 2 is 1.79 bits per heavy atom. The van der Waals surface area contributed by atoms with E-state index in [0.29, 0.717) is 5.75 Å².